The fourth-order valence-electron chi connectivity index (χ4n) is 2.94. The van der Waals surface area contributed by atoms with E-state index in [1.54, 1.807) is 0 Å². The summed E-state index contributed by atoms with van der Waals surface area (Å²) in [4.78, 5) is 23.5. The van der Waals surface area contributed by atoms with Gasteiger partial charge in [0, 0.05) is 37.8 Å². The normalized spacial score (nSPS) is 13.2. The second kappa shape index (κ2) is 7.40. The molecule has 1 aliphatic rings. The summed E-state index contributed by atoms with van der Waals surface area (Å²) in [5, 5.41) is 8.13. The lowest BCUT2D eigenvalue weighted by Crippen LogP contribution is -2.24. The lowest BCUT2D eigenvalue weighted by molar-refractivity contribution is -0.137. The van der Waals surface area contributed by atoms with Crippen molar-refractivity contribution in [3.8, 4) is 0 Å². The molecule has 3 rings (SSSR count). The van der Waals surface area contributed by atoms with E-state index in [1.165, 1.54) is 18.6 Å². The van der Waals surface area contributed by atoms with Gasteiger partial charge in [0.15, 0.2) is 0 Å². The average Bonchev–Trinajstić information content (AvgIpc) is 3.05. The van der Waals surface area contributed by atoms with Gasteiger partial charge in [0.25, 0.3) is 5.91 Å². The number of amides is 2. The Morgan fingerprint density at radius 2 is 1.81 bits per heavy atom. The van der Waals surface area contributed by atoms with Crippen LogP contribution in [0.25, 0.3) is 0 Å². The van der Waals surface area contributed by atoms with Crippen molar-refractivity contribution in [3.63, 3.8) is 0 Å². The first-order chi connectivity index (χ1) is 12.7. The molecule has 0 unspecified atom stereocenters. The molecule has 0 saturated heterocycles. The minimum atomic E-state index is -4.63. The third kappa shape index (κ3) is 4.65. The van der Waals surface area contributed by atoms with E-state index in [0.29, 0.717) is 0 Å². The summed E-state index contributed by atoms with van der Waals surface area (Å²) in [7, 11) is 0. The summed E-state index contributed by atoms with van der Waals surface area (Å²) in [5.74, 6) is -1.17. The van der Waals surface area contributed by atoms with Crippen molar-refractivity contribution in [2.45, 2.75) is 32.7 Å². The molecule has 5 nitrogen and oxygen atoms in total. The molecule has 0 radical (unpaired) electrons. The highest BCUT2D eigenvalue weighted by molar-refractivity contribution is 5.97. The van der Waals surface area contributed by atoms with Gasteiger partial charge in [0.05, 0.1) is 5.56 Å². The summed E-state index contributed by atoms with van der Waals surface area (Å²) in [6.07, 6.45) is -4.63. The maximum absolute atomic E-state index is 13.1. The molecule has 2 aromatic carbocycles. The first kappa shape index (κ1) is 18.9. The van der Waals surface area contributed by atoms with E-state index in [9.17, 15) is 22.8 Å². The van der Waals surface area contributed by atoms with Gasteiger partial charge in [-0.2, -0.15) is 13.2 Å². The fourth-order valence-corrected chi connectivity index (χ4v) is 2.94. The number of hydrogen-bond acceptors (Lipinski definition) is 3. The number of alkyl halides is 3. The zero-order valence-electron chi connectivity index (χ0n) is 14.5. The van der Waals surface area contributed by atoms with E-state index < -0.39 is 23.6 Å². The fraction of sp³-hybridized carbons (Fsp3) is 0.263. The van der Waals surface area contributed by atoms with Crippen LogP contribution < -0.4 is 16.0 Å². The van der Waals surface area contributed by atoms with Gasteiger partial charge in [-0.05, 0) is 34.9 Å². The van der Waals surface area contributed by atoms with Gasteiger partial charge in [-0.25, -0.2) is 0 Å². The maximum atomic E-state index is 13.1. The number of carbonyl (C=O) groups excluding carboxylic acids is 2. The quantitative estimate of drug-likeness (QED) is 0.766. The third-order valence-electron chi connectivity index (χ3n) is 4.20. The van der Waals surface area contributed by atoms with Gasteiger partial charge in [-0.15, -0.1) is 0 Å². The number of nitrogens with one attached hydrogen (secondary N) is 3. The standard InChI is InChI=1S/C19H18F3N3O2/c1-11(26)25-17-6-14(5-16(7-17)19(20,21)22)18(27)24-8-12-2-3-13-9-23-10-15(13)4-12/h2-7,23H,8-10H2,1H3,(H,24,27)(H,25,26). The van der Waals surface area contributed by atoms with Crippen LogP contribution in [0.2, 0.25) is 0 Å². The van der Waals surface area contributed by atoms with Crippen molar-refractivity contribution in [1.82, 2.24) is 10.6 Å². The second-order valence-corrected chi connectivity index (χ2v) is 6.37. The van der Waals surface area contributed by atoms with Crippen molar-refractivity contribution >= 4 is 17.5 Å². The number of hydrogen-bond donors (Lipinski definition) is 3. The Morgan fingerprint density at radius 3 is 2.52 bits per heavy atom. The monoisotopic (exact) mass is 377 g/mol. The Kier molecular flexibility index (Phi) is 5.18. The number of benzene rings is 2. The third-order valence-corrected chi connectivity index (χ3v) is 4.20. The largest absolute Gasteiger partial charge is 0.416 e. The number of carbonyl (C=O) groups is 2. The molecule has 142 valence electrons. The van der Waals surface area contributed by atoms with Gasteiger partial charge in [0.2, 0.25) is 5.91 Å². The summed E-state index contributed by atoms with van der Waals surface area (Å²) in [5.41, 5.74) is 1.96. The van der Waals surface area contributed by atoms with E-state index in [1.807, 2.05) is 18.2 Å². The molecule has 0 fully saturated rings. The van der Waals surface area contributed by atoms with Crippen molar-refractivity contribution < 1.29 is 22.8 Å². The number of halogens is 3. The Hall–Kier alpha value is -2.87. The van der Waals surface area contributed by atoms with Crippen molar-refractivity contribution in [2.75, 3.05) is 5.32 Å². The van der Waals surface area contributed by atoms with Crippen LogP contribution in [-0.4, -0.2) is 11.8 Å². The molecule has 2 amide bonds. The van der Waals surface area contributed by atoms with Gasteiger partial charge in [-0.3, -0.25) is 9.59 Å². The zero-order chi connectivity index (χ0) is 19.6. The Bertz CT molecular complexity index is 894. The number of fused-ring (bicyclic) bond motifs is 1. The summed E-state index contributed by atoms with van der Waals surface area (Å²) in [6, 6.07) is 8.60. The minimum absolute atomic E-state index is 0.0777. The molecule has 0 aliphatic carbocycles. The van der Waals surface area contributed by atoms with E-state index in [0.717, 1.165) is 36.3 Å². The molecule has 27 heavy (non-hydrogen) atoms. The highest BCUT2D eigenvalue weighted by Crippen LogP contribution is 2.32. The molecule has 0 saturated carbocycles. The SMILES string of the molecule is CC(=O)Nc1cc(C(=O)NCc2ccc3c(c2)CNC3)cc(C(F)(F)F)c1. The highest BCUT2D eigenvalue weighted by Gasteiger charge is 2.32. The molecule has 0 atom stereocenters. The summed E-state index contributed by atoms with van der Waals surface area (Å²) >= 11 is 0. The predicted molar refractivity (Wildman–Crippen MR) is 93.9 cm³/mol. The van der Waals surface area contributed by atoms with E-state index >= 15 is 0 Å². The Labute approximate surface area is 154 Å². The summed E-state index contributed by atoms with van der Waals surface area (Å²) < 4.78 is 39.2. The molecule has 0 aromatic heterocycles. The maximum Gasteiger partial charge on any atom is 0.416 e. The Morgan fingerprint density at radius 1 is 1.07 bits per heavy atom. The van der Waals surface area contributed by atoms with Crippen LogP contribution in [0.5, 0.6) is 0 Å². The summed E-state index contributed by atoms with van der Waals surface area (Å²) in [6.45, 7) is 2.93. The molecule has 0 spiro atoms. The molecule has 1 heterocycles. The van der Waals surface area contributed by atoms with Gasteiger partial charge < -0.3 is 16.0 Å². The second-order valence-electron chi connectivity index (χ2n) is 6.37. The van der Waals surface area contributed by atoms with Gasteiger partial charge in [-0.1, -0.05) is 18.2 Å². The molecule has 3 N–H and O–H groups in total. The van der Waals surface area contributed by atoms with Crippen molar-refractivity contribution in [3.05, 3.63) is 64.2 Å². The van der Waals surface area contributed by atoms with Crippen LogP contribution in [0.1, 0.15) is 39.5 Å². The molecular weight excluding hydrogens is 359 g/mol. The molecule has 0 bridgehead atoms. The van der Waals surface area contributed by atoms with Crippen LogP contribution in [0.3, 0.4) is 0 Å². The first-order valence-electron chi connectivity index (χ1n) is 8.32. The van der Waals surface area contributed by atoms with Crippen LogP contribution >= 0.6 is 0 Å². The van der Waals surface area contributed by atoms with Gasteiger partial charge in [0.1, 0.15) is 0 Å². The zero-order valence-corrected chi connectivity index (χ0v) is 14.5. The Balaban J connectivity index is 1.77. The minimum Gasteiger partial charge on any atom is -0.348 e. The van der Waals surface area contributed by atoms with Crippen LogP contribution in [0, 0.1) is 0 Å². The van der Waals surface area contributed by atoms with Crippen LogP contribution in [0.15, 0.2) is 36.4 Å². The number of anilines is 1. The van der Waals surface area contributed by atoms with Crippen LogP contribution in [0.4, 0.5) is 18.9 Å². The van der Waals surface area contributed by atoms with E-state index in [2.05, 4.69) is 16.0 Å². The molecule has 2 aromatic rings. The van der Waals surface area contributed by atoms with E-state index in [-0.39, 0.29) is 17.8 Å². The highest BCUT2D eigenvalue weighted by atomic mass is 19.4. The smallest absolute Gasteiger partial charge is 0.348 e. The average molecular weight is 377 g/mol. The van der Waals surface area contributed by atoms with Gasteiger partial charge >= 0.3 is 6.18 Å². The van der Waals surface area contributed by atoms with E-state index in [4.69, 9.17) is 0 Å². The molecular formula is C19H18F3N3O2. The molecule has 8 heteroatoms. The molecule has 1 aliphatic heterocycles. The van der Waals surface area contributed by atoms with Crippen molar-refractivity contribution in [2.24, 2.45) is 0 Å². The van der Waals surface area contributed by atoms with Crippen LogP contribution in [-0.2, 0) is 30.6 Å². The topological polar surface area (TPSA) is 70.2 Å². The lowest BCUT2D eigenvalue weighted by atomic mass is 10.1. The lowest BCUT2D eigenvalue weighted by Gasteiger charge is -2.13. The van der Waals surface area contributed by atoms with Crippen molar-refractivity contribution in [1.29, 1.82) is 0 Å². The first-order valence-corrected chi connectivity index (χ1v) is 8.32. The predicted octanol–water partition coefficient (Wildman–Crippen LogP) is 3.20. The number of rotatable bonds is 4.